The number of ether oxygens (including phenoxy) is 1. The lowest BCUT2D eigenvalue weighted by Gasteiger charge is -2.10. The van der Waals surface area contributed by atoms with Crippen molar-refractivity contribution in [2.45, 2.75) is 11.5 Å². The standard InChI is InChI=1S/C10H10Cl2N4O3S/c1-16-5-14-15-9(16)4-19-10-7(11)2-6(3-8(10)12)20(13,17)18/h2-3,5H,4H2,1H3,(H2,13,17,18). The lowest BCUT2D eigenvalue weighted by molar-refractivity contribution is 0.291. The average molecular weight is 337 g/mol. The van der Waals surface area contributed by atoms with Crippen LogP contribution in [0.4, 0.5) is 0 Å². The lowest BCUT2D eigenvalue weighted by atomic mass is 10.3. The third-order valence-corrected chi connectivity index (χ3v) is 3.91. The van der Waals surface area contributed by atoms with Crippen molar-refractivity contribution in [3.63, 3.8) is 0 Å². The number of nitrogens with zero attached hydrogens (tertiary/aromatic N) is 3. The number of hydrogen-bond donors (Lipinski definition) is 1. The van der Waals surface area contributed by atoms with Crippen molar-refractivity contribution in [3.05, 3.63) is 34.3 Å². The maximum absolute atomic E-state index is 11.2. The van der Waals surface area contributed by atoms with Crippen LogP contribution in [0.5, 0.6) is 5.75 Å². The smallest absolute Gasteiger partial charge is 0.238 e. The average Bonchev–Trinajstić information content (AvgIpc) is 2.72. The fourth-order valence-corrected chi connectivity index (χ4v) is 2.70. The topological polar surface area (TPSA) is 100 Å². The fraction of sp³-hybridized carbons (Fsp3) is 0.200. The van der Waals surface area contributed by atoms with E-state index < -0.39 is 10.0 Å². The van der Waals surface area contributed by atoms with E-state index in [4.69, 9.17) is 33.1 Å². The van der Waals surface area contributed by atoms with Crippen LogP contribution in [0.25, 0.3) is 0 Å². The molecule has 0 aliphatic carbocycles. The summed E-state index contributed by atoms with van der Waals surface area (Å²) in [5, 5.41) is 12.6. The van der Waals surface area contributed by atoms with Crippen molar-refractivity contribution in [3.8, 4) is 5.75 Å². The van der Waals surface area contributed by atoms with Crippen molar-refractivity contribution in [1.82, 2.24) is 14.8 Å². The van der Waals surface area contributed by atoms with E-state index in [1.165, 1.54) is 18.5 Å². The molecule has 2 aromatic rings. The van der Waals surface area contributed by atoms with Gasteiger partial charge in [0.25, 0.3) is 0 Å². The first kappa shape index (κ1) is 15.0. The molecule has 0 bridgehead atoms. The largest absolute Gasteiger partial charge is 0.482 e. The second kappa shape index (κ2) is 5.57. The van der Waals surface area contributed by atoms with Crippen molar-refractivity contribution in [2.24, 2.45) is 12.2 Å². The molecule has 1 aromatic heterocycles. The van der Waals surface area contributed by atoms with Gasteiger partial charge in [-0.15, -0.1) is 10.2 Å². The van der Waals surface area contributed by atoms with Gasteiger partial charge in [-0.1, -0.05) is 23.2 Å². The maximum atomic E-state index is 11.2. The normalized spacial score (nSPS) is 11.6. The van der Waals surface area contributed by atoms with Gasteiger partial charge in [-0.25, -0.2) is 13.6 Å². The van der Waals surface area contributed by atoms with Crippen LogP contribution in [-0.4, -0.2) is 23.2 Å². The molecule has 0 aliphatic heterocycles. The molecular weight excluding hydrogens is 327 g/mol. The minimum absolute atomic E-state index is 0.0451. The van der Waals surface area contributed by atoms with Crippen LogP contribution in [0.1, 0.15) is 5.82 Å². The number of primary sulfonamides is 1. The summed E-state index contributed by atoms with van der Waals surface area (Å²) in [6.07, 6.45) is 1.52. The summed E-state index contributed by atoms with van der Waals surface area (Å²) >= 11 is 11.9. The molecular formula is C10H10Cl2N4O3S. The van der Waals surface area contributed by atoms with Gasteiger partial charge in [-0.05, 0) is 12.1 Å². The summed E-state index contributed by atoms with van der Waals surface area (Å²) in [6.45, 7) is 0.0880. The first-order valence-electron chi connectivity index (χ1n) is 5.26. The molecule has 20 heavy (non-hydrogen) atoms. The molecule has 0 saturated carbocycles. The van der Waals surface area contributed by atoms with E-state index in [-0.39, 0.29) is 27.3 Å². The van der Waals surface area contributed by atoms with Gasteiger partial charge in [0, 0.05) is 7.05 Å². The molecule has 0 saturated heterocycles. The highest BCUT2D eigenvalue weighted by Gasteiger charge is 2.16. The molecule has 108 valence electrons. The van der Waals surface area contributed by atoms with Crippen LogP contribution in [0.3, 0.4) is 0 Å². The van der Waals surface area contributed by atoms with E-state index in [0.717, 1.165) is 0 Å². The second-order valence-corrected chi connectivity index (χ2v) is 6.28. The van der Waals surface area contributed by atoms with Crippen LogP contribution in [-0.2, 0) is 23.7 Å². The van der Waals surface area contributed by atoms with E-state index in [9.17, 15) is 8.42 Å². The third-order valence-electron chi connectivity index (χ3n) is 2.45. The van der Waals surface area contributed by atoms with Crippen LogP contribution < -0.4 is 9.88 Å². The Morgan fingerprint density at radius 2 is 1.95 bits per heavy atom. The molecule has 0 unspecified atom stereocenters. The molecule has 0 amide bonds. The summed E-state index contributed by atoms with van der Waals surface area (Å²) in [5.41, 5.74) is 0. The molecule has 1 heterocycles. The van der Waals surface area contributed by atoms with Crippen LogP contribution in [0.2, 0.25) is 10.0 Å². The molecule has 1 aromatic carbocycles. The number of nitrogens with two attached hydrogens (primary N) is 1. The molecule has 10 heteroatoms. The van der Waals surface area contributed by atoms with Crippen LogP contribution in [0.15, 0.2) is 23.4 Å². The summed E-state index contributed by atoms with van der Waals surface area (Å²) in [7, 11) is -2.12. The van der Waals surface area contributed by atoms with Crippen molar-refractivity contribution < 1.29 is 13.2 Å². The number of aromatic nitrogens is 3. The van der Waals surface area contributed by atoms with Gasteiger partial charge in [0.2, 0.25) is 10.0 Å². The Kier molecular flexibility index (Phi) is 4.19. The number of halogens is 2. The molecule has 0 radical (unpaired) electrons. The van der Waals surface area contributed by atoms with E-state index in [2.05, 4.69) is 10.2 Å². The summed E-state index contributed by atoms with van der Waals surface area (Å²) in [6, 6.07) is 2.35. The second-order valence-electron chi connectivity index (χ2n) is 3.91. The maximum Gasteiger partial charge on any atom is 0.238 e. The Balaban J connectivity index is 2.27. The molecule has 2 rings (SSSR count). The van der Waals surface area contributed by atoms with Gasteiger partial charge in [0.1, 0.15) is 12.9 Å². The minimum Gasteiger partial charge on any atom is -0.482 e. The molecule has 2 N–H and O–H groups in total. The predicted octanol–water partition coefficient (Wildman–Crippen LogP) is 1.35. The van der Waals surface area contributed by atoms with E-state index in [0.29, 0.717) is 5.82 Å². The van der Waals surface area contributed by atoms with Gasteiger partial charge in [0.15, 0.2) is 11.6 Å². The number of hydrogen-bond acceptors (Lipinski definition) is 5. The lowest BCUT2D eigenvalue weighted by Crippen LogP contribution is -2.12. The SMILES string of the molecule is Cn1cnnc1COc1c(Cl)cc(S(N)(=O)=O)cc1Cl. The Hall–Kier alpha value is -1.35. The first-order chi connectivity index (χ1) is 9.29. The number of aryl methyl sites for hydroxylation is 1. The molecule has 0 aliphatic rings. The number of sulfonamides is 1. The van der Waals surface area contributed by atoms with Gasteiger partial charge >= 0.3 is 0 Å². The minimum atomic E-state index is -3.88. The molecule has 7 nitrogen and oxygen atoms in total. The quantitative estimate of drug-likeness (QED) is 0.908. The summed E-state index contributed by atoms with van der Waals surface area (Å²) in [4.78, 5) is -0.182. The van der Waals surface area contributed by atoms with E-state index >= 15 is 0 Å². The molecule has 0 spiro atoms. The Morgan fingerprint density at radius 3 is 2.40 bits per heavy atom. The number of rotatable bonds is 4. The van der Waals surface area contributed by atoms with Crippen molar-refractivity contribution in [1.29, 1.82) is 0 Å². The van der Waals surface area contributed by atoms with Crippen LogP contribution in [0, 0.1) is 0 Å². The summed E-state index contributed by atoms with van der Waals surface area (Å²) in [5.74, 6) is 0.719. The number of benzene rings is 1. The van der Waals surface area contributed by atoms with Crippen molar-refractivity contribution >= 4 is 33.2 Å². The zero-order valence-electron chi connectivity index (χ0n) is 10.2. The highest BCUT2D eigenvalue weighted by atomic mass is 35.5. The summed E-state index contributed by atoms with van der Waals surface area (Å²) < 4.78 is 29.6. The Labute approximate surface area is 125 Å². The Morgan fingerprint density at radius 1 is 1.35 bits per heavy atom. The van der Waals surface area contributed by atoms with Crippen molar-refractivity contribution in [2.75, 3.05) is 0 Å². The van der Waals surface area contributed by atoms with E-state index in [1.807, 2.05) is 0 Å². The molecule has 0 fully saturated rings. The van der Waals surface area contributed by atoms with Gasteiger partial charge < -0.3 is 9.30 Å². The predicted molar refractivity (Wildman–Crippen MR) is 73.2 cm³/mol. The van der Waals surface area contributed by atoms with Gasteiger partial charge in [-0.2, -0.15) is 0 Å². The monoisotopic (exact) mass is 336 g/mol. The Bertz CT molecular complexity index is 722. The van der Waals surface area contributed by atoms with Crippen LogP contribution >= 0.6 is 23.2 Å². The van der Waals surface area contributed by atoms with Gasteiger partial charge in [0.05, 0.1) is 14.9 Å². The fourth-order valence-electron chi connectivity index (χ4n) is 1.41. The third kappa shape index (κ3) is 3.21. The first-order valence-corrected chi connectivity index (χ1v) is 7.57. The highest BCUT2D eigenvalue weighted by molar-refractivity contribution is 7.89. The zero-order chi connectivity index (χ0) is 14.9. The van der Waals surface area contributed by atoms with Gasteiger partial charge in [-0.3, -0.25) is 0 Å². The van der Waals surface area contributed by atoms with E-state index in [1.54, 1.807) is 11.6 Å². The molecule has 0 atom stereocenters. The zero-order valence-corrected chi connectivity index (χ0v) is 12.6. The highest BCUT2D eigenvalue weighted by Crippen LogP contribution is 2.35.